The Labute approximate surface area is 155 Å². The molecule has 1 unspecified atom stereocenters. The third kappa shape index (κ3) is 4.53. The first kappa shape index (κ1) is 18.7. The molecule has 0 spiro atoms. The van der Waals surface area contributed by atoms with E-state index in [0.29, 0.717) is 31.7 Å². The second-order valence-corrected chi connectivity index (χ2v) is 6.99. The van der Waals surface area contributed by atoms with Gasteiger partial charge in [0.1, 0.15) is 0 Å². The van der Waals surface area contributed by atoms with Gasteiger partial charge in [0, 0.05) is 31.7 Å². The summed E-state index contributed by atoms with van der Waals surface area (Å²) in [5.41, 5.74) is 0. The van der Waals surface area contributed by atoms with Crippen LogP contribution in [0.25, 0.3) is 0 Å². The van der Waals surface area contributed by atoms with Gasteiger partial charge in [0.15, 0.2) is 5.82 Å². The highest BCUT2D eigenvalue weighted by Gasteiger charge is 2.25. The Morgan fingerprint density at radius 3 is 2.77 bits per heavy atom. The van der Waals surface area contributed by atoms with Crippen LogP contribution in [0.1, 0.15) is 52.4 Å². The van der Waals surface area contributed by atoms with Gasteiger partial charge in [0.25, 0.3) is 0 Å². The zero-order chi connectivity index (χ0) is 18.4. The van der Waals surface area contributed by atoms with Crippen LogP contribution in [0.2, 0.25) is 0 Å². The van der Waals surface area contributed by atoms with E-state index in [1.807, 2.05) is 6.92 Å². The summed E-state index contributed by atoms with van der Waals surface area (Å²) < 4.78 is 5.06. The van der Waals surface area contributed by atoms with Crippen molar-refractivity contribution in [2.45, 2.75) is 64.5 Å². The van der Waals surface area contributed by atoms with Crippen LogP contribution in [-0.4, -0.2) is 64.5 Å². The number of likely N-dealkylation sites (tertiary alicyclic amines) is 1. The Balaban J connectivity index is 1.57. The molecule has 26 heavy (non-hydrogen) atoms. The van der Waals surface area contributed by atoms with Gasteiger partial charge in [-0.1, -0.05) is 6.92 Å². The first-order valence-corrected chi connectivity index (χ1v) is 9.85. The van der Waals surface area contributed by atoms with Gasteiger partial charge in [-0.05, 0) is 45.4 Å². The molecule has 1 N–H and O–H groups in total. The Morgan fingerprint density at radius 2 is 2.04 bits per heavy atom. The number of nitrogens with zero attached hydrogens (tertiary/aromatic N) is 5. The molecule has 0 aromatic carbocycles. The van der Waals surface area contributed by atoms with E-state index >= 15 is 0 Å². The number of hydrogen-bond donors (Lipinski definition) is 1. The molecule has 1 aromatic heterocycles. The number of hydrogen-bond acceptors (Lipinski definition) is 7. The number of carbonyl (C=O) groups excluding carboxylic acids is 1. The summed E-state index contributed by atoms with van der Waals surface area (Å²) in [5, 5.41) is 11.7. The van der Waals surface area contributed by atoms with E-state index in [1.165, 1.54) is 19.3 Å². The van der Waals surface area contributed by atoms with Gasteiger partial charge in [-0.15, -0.1) is 5.10 Å². The smallest absolute Gasteiger partial charge is 0.409 e. The summed E-state index contributed by atoms with van der Waals surface area (Å²) in [4.78, 5) is 20.6. The number of ether oxygens (including phenoxy) is 1. The van der Waals surface area contributed by atoms with Crippen LogP contribution in [0.3, 0.4) is 0 Å². The summed E-state index contributed by atoms with van der Waals surface area (Å²) in [6, 6.07) is 0.794. The van der Waals surface area contributed by atoms with Crippen LogP contribution < -0.4 is 10.2 Å². The quantitative estimate of drug-likeness (QED) is 0.862. The third-order valence-corrected chi connectivity index (χ3v) is 5.29. The number of amides is 1. The zero-order valence-electron chi connectivity index (χ0n) is 15.9. The van der Waals surface area contributed by atoms with Gasteiger partial charge in [0.2, 0.25) is 5.95 Å². The lowest BCUT2D eigenvalue weighted by atomic mass is 10.0. The molecular formula is C18H30N6O2. The molecule has 3 heterocycles. The molecule has 0 aliphatic carbocycles. The highest BCUT2D eigenvalue weighted by Crippen LogP contribution is 2.25. The van der Waals surface area contributed by atoms with Crippen LogP contribution in [0.4, 0.5) is 16.6 Å². The van der Waals surface area contributed by atoms with E-state index in [9.17, 15) is 4.79 Å². The average molecular weight is 362 g/mol. The number of aromatic nitrogens is 3. The van der Waals surface area contributed by atoms with E-state index in [4.69, 9.17) is 9.72 Å². The van der Waals surface area contributed by atoms with Crippen molar-refractivity contribution >= 4 is 17.9 Å². The maximum Gasteiger partial charge on any atom is 0.409 e. The van der Waals surface area contributed by atoms with Crippen LogP contribution in [0, 0.1) is 0 Å². The molecule has 1 atom stereocenters. The lowest BCUT2D eigenvalue weighted by molar-refractivity contribution is 0.0983. The molecule has 3 rings (SSSR count). The molecule has 1 amide bonds. The van der Waals surface area contributed by atoms with Crippen LogP contribution in [-0.2, 0) is 4.74 Å². The summed E-state index contributed by atoms with van der Waals surface area (Å²) in [6.45, 7) is 6.89. The highest BCUT2D eigenvalue weighted by molar-refractivity contribution is 5.67. The lowest BCUT2D eigenvalue weighted by Gasteiger charge is -2.36. The fourth-order valence-electron chi connectivity index (χ4n) is 3.82. The Bertz CT molecular complexity index is 591. The van der Waals surface area contributed by atoms with Gasteiger partial charge in [-0.3, -0.25) is 0 Å². The SMILES string of the molecule is CCOC(=O)N1CCC(Nc2nncc(N3CCCCC3CC)n2)CC1. The Kier molecular flexibility index (Phi) is 6.46. The van der Waals surface area contributed by atoms with Gasteiger partial charge in [-0.2, -0.15) is 10.1 Å². The van der Waals surface area contributed by atoms with Crippen LogP contribution in [0.5, 0.6) is 0 Å². The summed E-state index contributed by atoms with van der Waals surface area (Å²) in [6.07, 6.45) is 8.09. The van der Waals surface area contributed by atoms with E-state index in [0.717, 1.165) is 31.6 Å². The summed E-state index contributed by atoms with van der Waals surface area (Å²) in [7, 11) is 0. The van der Waals surface area contributed by atoms with Gasteiger partial charge in [-0.25, -0.2) is 4.79 Å². The second-order valence-electron chi connectivity index (χ2n) is 6.99. The highest BCUT2D eigenvalue weighted by atomic mass is 16.6. The number of nitrogens with one attached hydrogen (secondary N) is 1. The minimum Gasteiger partial charge on any atom is -0.450 e. The minimum absolute atomic E-state index is 0.221. The van der Waals surface area contributed by atoms with Crippen molar-refractivity contribution in [3.8, 4) is 0 Å². The first-order chi connectivity index (χ1) is 12.7. The fourth-order valence-corrected chi connectivity index (χ4v) is 3.82. The van der Waals surface area contributed by atoms with Crippen molar-refractivity contribution in [1.82, 2.24) is 20.1 Å². The first-order valence-electron chi connectivity index (χ1n) is 9.85. The summed E-state index contributed by atoms with van der Waals surface area (Å²) in [5.74, 6) is 1.50. The lowest BCUT2D eigenvalue weighted by Crippen LogP contribution is -2.43. The van der Waals surface area contributed by atoms with Crippen LogP contribution in [0.15, 0.2) is 6.20 Å². The largest absolute Gasteiger partial charge is 0.450 e. The van der Waals surface area contributed by atoms with Crippen molar-refractivity contribution in [3.05, 3.63) is 6.20 Å². The number of carbonyl (C=O) groups is 1. The maximum atomic E-state index is 11.8. The number of anilines is 2. The monoisotopic (exact) mass is 362 g/mol. The molecule has 0 radical (unpaired) electrons. The average Bonchev–Trinajstić information content (AvgIpc) is 2.69. The topological polar surface area (TPSA) is 83.5 Å². The molecule has 144 valence electrons. The molecule has 2 fully saturated rings. The predicted octanol–water partition coefficient (Wildman–Crippen LogP) is 2.67. The fraction of sp³-hybridized carbons (Fsp3) is 0.778. The van der Waals surface area contributed by atoms with E-state index in [1.54, 1.807) is 11.1 Å². The van der Waals surface area contributed by atoms with E-state index < -0.39 is 0 Å². The minimum atomic E-state index is -0.221. The van der Waals surface area contributed by atoms with Crippen molar-refractivity contribution in [3.63, 3.8) is 0 Å². The molecule has 0 bridgehead atoms. The standard InChI is InChI=1S/C18H30N6O2/c1-3-15-7-5-6-10-24(15)16-13-19-22-17(21-16)20-14-8-11-23(12-9-14)18(25)26-4-2/h13-15H,3-12H2,1-2H3,(H,20,21,22). The van der Waals surface area contributed by atoms with Crippen molar-refractivity contribution in [2.75, 3.05) is 36.5 Å². The van der Waals surface area contributed by atoms with Crippen molar-refractivity contribution in [1.29, 1.82) is 0 Å². The molecule has 2 aliphatic rings. The van der Waals surface area contributed by atoms with Crippen molar-refractivity contribution in [2.24, 2.45) is 0 Å². The molecule has 2 saturated heterocycles. The van der Waals surface area contributed by atoms with E-state index in [2.05, 4.69) is 27.3 Å². The number of piperidine rings is 2. The summed E-state index contributed by atoms with van der Waals surface area (Å²) >= 11 is 0. The Hall–Kier alpha value is -2.12. The Morgan fingerprint density at radius 1 is 1.23 bits per heavy atom. The van der Waals surface area contributed by atoms with Crippen molar-refractivity contribution < 1.29 is 9.53 Å². The molecule has 8 heteroatoms. The molecular weight excluding hydrogens is 332 g/mol. The third-order valence-electron chi connectivity index (χ3n) is 5.29. The van der Waals surface area contributed by atoms with Gasteiger partial charge < -0.3 is 19.9 Å². The van der Waals surface area contributed by atoms with Gasteiger partial charge in [0.05, 0.1) is 12.8 Å². The predicted molar refractivity (Wildman–Crippen MR) is 100 cm³/mol. The molecule has 0 saturated carbocycles. The van der Waals surface area contributed by atoms with Crippen LogP contribution >= 0.6 is 0 Å². The van der Waals surface area contributed by atoms with Gasteiger partial charge >= 0.3 is 6.09 Å². The molecule has 2 aliphatic heterocycles. The second kappa shape index (κ2) is 9.00. The maximum absolute atomic E-state index is 11.8. The zero-order valence-corrected chi connectivity index (χ0v) is 15.9. The number of rotatable bonds is 5. The molecule has 1 aromatic rings. The molecule has 8 nitrogen and oxygen atoms in total. The van der Waals surface area contributed by atoms with E-state index in [-0.39, 0.29) is 12.1 Å². The normalized spacial score (nSPS) is 21.5.